The van der Waals surface area contributed by atoms with E-state index < -0.39 is 5.41 Å². The van der Waals surface area contributed by atoms with Gasteiger partial charge in [-0.05, 0) is 167 Å². The maximum Gasteiger partial charge on any atom is 0.253 e. The predicted molar refractivity (Wildman–Crippen MR) is 321 cm³/mol. The van der Waals surface area contributed by atoms with E-state index in [-0.39, 0.29) is 17.5 Å². The molecule has 2 aromatic heterocycles. The van der Waals surface area contributed by atoms with Crippen LogP contribution in [0.3, 0.4) is 0 Å². The van der Waals surface area contributed by atoms with Gasteiger partial charge in [0.15, 0.2) is 0 Å². The van der Waals surface area contributed by atoms with Gasteiger partial charge in [-0.3, -0.25) is 0 Å². The highest BCUT2D eigenvalue weighted by Crippen LogP contribution is 2.62. The predicted octanol–water partition coefficient (Wildman–Crippen LogP) is 16.9. The SMILES string of the molecule is CC(C)(C)c1ccc(-c2c(-c3ccc(C(C)(C)C)cc3)n3c4c(c5ccccc5cc24)B2c4c-3ccc3c4-n4c5c2cc(C2CCCC2)cc5c2cc(C5CCCC5)cc(c24)C32c3ccccc3-c3ccccc32)cc1. The summed E-state index contributed by atoms with van der Waals surface area (Å²) in [7, 11) is 0. The van der Waals surface area contributed by atoms with Crippen molar-refractivity contribution in [3.8, 4) is 44.9 Å². The second kappa shape index (κ2) is 15.0. The molecular weight excluding hydrogens is 916 g/mol. The van der Waals surface area contributed by atoms with Crippen LogP contribution >= 0.6 is 0 Å². The second-order valence-corrected chi connectivity index (χ2v) is 26.1. The molecule has 3 heteroatoms. The summed E-state index contributed by atoms with van der Waals surface area (Å²) in [5, 5.41) is 6.93. The summed E-state index contributed by atoms with van der Waals surface area (Å²) in [5.41, 5.74) is 30.3. The minimum atomic E-state index is -0.512. The number of benzene rings is 9. The van der Waals surface area contributed by atoms with Crippen molar-refractivity contribution in [2.75, 3.05) is 0 Å². The molecule has 17 rings (SSSR count). The maximum absolute atomic E-state index is 2.85. The summed E-state index contributed by atoms with van der Waals surface area (Å²) < 4.78 is 5.63. The normalized spacial score (nSPS) is 16.9. The summed E-state index contributed by atoms with van der Waals surface area (Å²) in [5.74, 6) is 1.14. The van der Waals surface area contributed by atoms with Gasteiger partial charge in [-0.2, -0.15) is 0 Å². The fraction of sp³-hybridized carbons (Fsp3) is 0.260. The van der Waals surface area contributed by atoms with Gasteiger partial charge < -0.3 is 9.13 Å². The monoisotopic (exact) mass is 979 g/mol. The molecule has 0 bridgehead atoms. The Labute approximate surface area is 447 Å². The topological polar surface area (TPSA) is 9.86 Å². The molecule has 3 aliphatic carbocycles. The number of hydrogen-bond acceptors (Lipinski definition) is 0. The molecule has 0 N–H and O–H groups in total. The van der Waals surface area contributed by atoms with Crippen molar-refractivity contribution < 1.29 is 0 Å². The maximum atomic E-state index is 2.85. The Morgan fingerprint density at radius 2 is 1.01 bits per heavy atom. The van der Waals surface area contributed by atoms with Gasteiger partial charge in [0.2, 0.25) is 0 Å². The van der Waals surface area contributed by atoms with Crippen LogP contribution in [0.5, 0.6) is 0 Å². The van der Waals surface area contributed by atoms with Crippen molar-refractivity contribution >= 4 is 66.6 Å². The van der Waals surface area contributed by atoms with E-state index in [9.17, 15) is 0 Å². The summed E-state index contributed by atoms with van der Waals surface area (Å²) >= 11 is 0. The lowest BCUT2D eigenvalue weighted by atomic mass is 9.33. The van der Waals surface area contributed by atoms with Gasteiger partial charge in [-0.15, -0.1) is 0 Å². The Hall–Kier alpha value is -7.36. The first-order valence-corrected chi connectivity index (χ1v) is 28.8. The highest BCUT2D eigenvalue weighted by atomic mass is 15.1. The summed E-state index contributed by atoms with van der Waals surface area (Å²) in [4.78, 5) is 0. The van der Waals surface area contributed by atoms with Gasteiger partial charge in [0.25, 0.3) is 6.71 Å². The van der Waals surface area contributed by atoms with Crippen LogP contribution in [0.25, 0.3) is 88.4 Å². The third-order valence-corrected chi connectivity index (χ3v) is 20.1. The van der Waals surface area contributed by atoms with Crippen LogP contribution < -0.4 is 16.4 Å². The number of rotatable bonds is 4. The molecule has 11 aromatic rings. The quantitative estimate of drug-likeness (QED) is 0.156. The second-order valence-electron chi connectivity index (χ2n) is 26.1. The first-order valence-electron chi connectivity index (χ1n) is 28.8. The van der Waals surface area contributed by atoms with Crippen LogP contribution in [0.2, 0.25) is 0 Å². The molecule has 2 saturated carbocycles. The van der Waals surface area contributed by atoms with Crippen LogP contribution in [0.1, 0.15) is 149 Å². The molecule has 6 aliphatic rings. The average molecular weight is 979 g/mol. The Balaban J connectivity index is 1.10. The van der Waals surface area contributed by atoms with Gasteiger partial charge in [0.05, 0.1) is 22.1 Å². The molecule has 0 unspecified atom stereocenters. The van der Waals surface area contributed by atoms with E-state index >= 15 is 0 Å². The number of aromatic nitrogens is 2. The first-order chi connectivity index (χ1) is 37.0. The summed E-state index contributed by atoms with van der Waals surface area (Å²) in [6.45, 7) is 14.0. The number of nitrogens with zero attached hydrogens (tertiary/aromatic N) is 2. The highest BCUT2D eigenvalue weighted by molar-refractivity contribution is 7.01. The average Bonchev–Trinajstić information content (AvgIpc) is 3.81. The molecule has 368 valence electrons. The van der Waals surface area contributed by atoms with Crippen molar-refractivity contribution in [3.63, 3.8) is 0 Å². The molecule has 3 aliphatic heterocycles. The van der Waals surface area contributed by atoms with E-state index in [0.717, 1.165) is 0 Å². The molecule has 0 atom stereocenters. The fourth-order valence-corrected chi connectivity index (χ4v) is 16.6. The zero-order valence-corrected chi connectivity index (χ0v) is 44.9. The van der Waals surface area contributed by atoms with E-state index in [1.165, 1.54) is 190 Å². The molecule has 0 saturated heterocycles. The van der Waals surface area contributed by atoms with Crippen molar-refractivity contribution in [1.29, 1.82) is 0 Å². The third-order valence-electron chi connectivity index (χ3n) is 20.1. The van der Waals surface area contributed by atoms with Crippen LogP contribution in [0.15, 0.2) is 164 Å². The van der Waals surface area contributed by atoms with E-state index in [4.69, 9.17) is 0 Å². The van der Waals surface area contributed by atoms with E-state index in [0.29, 0.717) is 11.8 Å². The summed E-state index contributed by atoms with van der Waals surface area (Å²) in [6.07, 6.45) is 10.3. The molecule has 9 aromatic carbocycles. The van der Waals surface area contributed by atoms with E-state index in [2.05, 4.69) is 214 Å². The zero-order valence-electron chi connectivity index (χ0n) is 44.9. The molecule has 5 heterocycles. The zero-order chi connectivity index (χ0) is 50.7. The standard InChI is InChI=1S/C73H63BN2/c1-71(2,3)49-31-27-44(28-32-49)63-56-37-46-21-11-12-22-51(46)64-69(56)75(66(63)45-29-33-50(34-30-45)72(4,5)6)62-36-35-59-70-65(62)74(64)61-41-48(43-19-9-10-20-43)39-55-54-38-47(42-17-7-8-18-42)40-60(67(54)76(70)68(55)61)73(59)57-25-15-13-23-52(57)53-24-14-16-26-58(53)73/h11-16,21-43H,7-10,17-20H2,1-6H3. The third kappa shape index (κ3) is 5.49. The highest BCUT2D eigenvalue weighted by Gasteiger charge is 2.55. The summed E-state index contributed by atoms with van der Waals surface area (Å²) in [6, 6.07) is 66.4. The number of hydrogen-bond donors (Lipinski definition) is 0. The molecule has 76 heavy (non-hydrogen) atoms. The van der Waals surface area contributed by atoms with E-state index in [1.54, 1.807) is 11.1 Å². The molecule has 2 fully saturated rings. The lowest BCUT2D eigenvalue weighted by molar-refractivity contribution is 0.590. The Morgan fingerprint density at radius 1 is 0.447 bits per heavy atom. The van der Waals surface area contributed by atoms with Crippen LogP contribution in [0, 0.1) is 0 Å². The van der Waals surface area contributed by atoms with E-state index in [1.807, 2.05) is 0 Å². The van der Waals surface area contributed by atoms with Crippen LogP contribution in [-0.4, -0.2) is 15.8 Å². The van der Waals surface area contributed by atoms with Crippen molar-refractivity contribution in [3.05, 3.63) is 208 Å². The van der Waals surface area contributed by atoms with Gasteiger partial charge in [-0.25, -0.2) is 0 Å². The van der Waals surface area contributed by atoms with Gasteiger partial charge >= 0.3 is 0 Å². The van der Waals surface area contributed by atoms with Gasteiger partial charge in [-0.1, -0.05) is 207 Å². The van der Waals surface area contributed by atoms with Gasteiger partial charge in [0.1, 0.15) is 0 Å². The van der Waals surface area contributed by atoms with Gasteiger partial charge in [0, 0.05) is 38.6 Å². The Kier molecular flexibility index (Phi) is 8.64. The Morgan fingerprint density at radius 3 is 1.64 bits per heavy atom. The lowest BCUT2D eigenvalue weighted by Crippen LogP contribution is -2.60. The van der Waals surface area contributed by atoms with Crippen molar-refractivity contribution in [2.24, 2.45) is 0 Å². The fourth-order valence-electron chi connectivity index (χ4n) is 16.6. The Bertz CT molecular complexity index is 4310. The largest absolute Gasteiger partial charge is 0.310 e. The minimum Gasteiger partial charge on any atom is -0.310 e. The smallest absolute Gasteiger partial charge is 0.253 e. The lowest BCUT2D eigenvalue weighted by Gasteiger charge is -2.44. The minimum absolute atomic E-state index is 0.00800. The number of fused-ring (bicyclic) bond motifs is 13. The molecule has 0 radical (unpaired) electrons. The first kappa shape index (κ1) is 43.8. The van der Waals surface area contributed by atoms with Crippen LogP contribution in [-0.2, 0) is 16.2 Å². The van der Waals surface area contributed by atoms with Crippen LogP contribution in [0.4, 0.5) is 0 Å². The molecular formula is C73H63BN2. The molecule has 2 nitrogen and oxygen atoms in total. The van der Waals surface area contributed by atoms with Crippen molar-refractivity contribution in [2.45, 2.75) is 121 Å². The molecule has 0 amide bonds. The van der Waals surface area contributed by atoms with Crippen molar-refractivity contribution in [1.82, 2.24) is 9.13 Å². The molecule has 1 spiro atoms.